The van der Waals surface area contributed by atoms with Gasteiger partial charge in [-0.2, -0.15) is 0 Å². The molecule has 0 N–H and O–H groups in total. The number of halogens is 1. The van der Waals surface area contributed by atoms with E-state index in [0.29, 0.717) is 0 Å². The maximum atomic E-state index is 5.90. The van der Waals surface area contributed by atoms with Crippen molar-refractivity contribution in [3.63, 3.8) is 0 Å². The molecular weight excluding hydrogens is 228 g/mol. The minimum absolute atomic E-state index is 0.230. The van der Waals surface area contributed by atoms with Gasteiger partial charge < -0.3 is 0 Å². The van der Waals surface area contributed by atoms with Crippen LogP contribution >= 0.6 is 11.6 Å². The van der Waals surface area contributed by atoms with Crippen molar-refractivity contribution < 1.29 is 0 Å². The predicted octanol–water partition coefficient (Wildman–Crippen LogP) is 4.97. The maximum absolute atomic E-state index is 5.90. The molecule has 0 radical (unpaired) electrons. The molecule has 0 spiro atoms. The fraction of sp³-hybridized carbons (Fsp3) is 0.125. The summed E-state index contributed by atoms with van der Waals surface area (Å²) in [4.78, 5) is 0. The molecule has 1 atom stereocenters. The van der Waals surface area contributed by atoms with Crippen LogP contribution in [0.4, 0.5) is 0 Å². The van der Waals surface area contributed by atoms with Crippen LogP contribution in [0.2, 0.25) is 5.02 Å². The van der Waals surface area contributed by atoms with Crippen molar-refractivity contribution in [2.24, 2.45) is 0 Å². The zero-order chi connectivity index (χ0) is 12.3. The topological polar surface area (TPSA) is 0 Å². The summed E-state index contributed by atoms with van der Waals surface area (Å²) >= 11 is 5.90. The monoisotopic (exact) mass is 242 g/mol. The standard InChI is InChI=1S/C16H15Cl/c1-3-16(13-6-4-12(2)5-7-13)14-8-10-15(17)11-9-14/h3-11,16H,1H2,2H3/t16-/m0/s1. The van der Waals surface area contributed by atoms with Crippen LogP contribution in [0.3, 0.4) is 0 Å². The molecule has 0 unspecified atom stereocenters. The van der Waals surface area contributed by atoms with Crippen molar-refractivity contribution in [3.8, 4) is 0 Å². The van der Waals surface area contributed by atoms with Gasteiger partial charge in [0.2, 0.25) is 0 Å². The number of benzene rings is 2. The lowest BCUT2D eigenvalue weighted by molar-refractivity contribution is 1.03. The van der Waals surface area contributed by atoms with Gasteiger partial charge in [-0.05, 0) is 30.2 Å². The summed E-state index contributed by atoms with van der Waals surface area (Å²) in [5.74, 6) is 0.230. The van der Waals surface area contributed by atoms with Crippen molar-refractivity contribution in [3.05, 3.63) is 82.9 Å². The third-order valence-corrected chi connectivity index (χ3v) is 3.15. The number of allylic oxidation sites excluding steroid dienone is 1. The number of aryl methyl sites for hydroxylation is 1. The summed E-state index contributed by atoms with van der Waals surface area (Å²) in [5.41, 5.74) is 3.74. The van der Waals surface area contributed by atoms with Crippen molar-refractivity contribution in [2.45, 2.75) is 12.8 Å². The lowest BCUT2D eigenvalue weighted by Gasteiger charge is -2.13. The Morgan fingerprint density at radius 2 is 1.41 bits per heavy atom. The highest BCUT2D eigenvalue weighted by Crippen LogP contribution is 2.26. The van der Waals surface area contributed by atoms with Crippen LogP contribution in [-0.2, 0) is 0 Å². The van der Waals surface area contributed by atoms with E-state index >= 15 is 0 Å². The highest BCUT2D eigenvalue weighted by Gasteiger charge is 2.09. The Morgan fingerprint density at radius 1 is 0.941 bits per heavy atom. The molecule has 0 saturated heterocycles. The Bertz CT molecular complexity index is 449. The zero-order valence-corrected chi connectivity index (χ0v) is 10.6. The molecule has 1 heteroatoms. The van der Waals surface area contributed by atoms with Gasteiger partial charge in [0.25, 0.3) is 0 Å². The second-order valence-electron chi connectivity index (χ2n) is 4.18. The highest BCUT2D eigenvalue weighted by molar-refractivity contribution is 6.30. The highest BCUT2D eigenvalue weighted by atomic mass is 35.5. The van der Waals surface area contributed by atoms with E-state index in [4.69, 9.17) is 11.6 Å². The Balaban J connectivity index is 2.36. The quantitative estimate of drug-likeness (QED) is 0.667. The molecule has 2 rings (SSSR count). The average molecular weight is 243 g/mol. The van der Waals surface area contributed by atoms with Gasteiger partial charge in [-0.3, -0.25) is 0 Å². The van der Waals surface area contributed by atoms with Gasteiger partial charge in [0, 0.05) is 10.9 Å². The maximum Gasteiger partial charge on any atom is 0.0406 e. The lowest BCUT2D eigenvalue weighted by atomic mass is 9.91. The van der Waals surface area contributed by atoms with E-state index < -0.39 is 0 Å². The molecule has 2 aromatic carbocycles. The van der Waals surface area contributed by atoms with Crippen LogP contribution in [0.15, 0.2) is 61.2 Å². The van der Waals surface area contributed by atoms with Crippen molar-refractivity contribution in [2.75, 3.05) is 0 Å². The second kappa shape index (κ2) is 5.20. The second-order valence-corrected chi connectivity index (χ2v) is 4.61. The van der Waals surface area contributed by atoms with Gasteiger partial charge in [0.05, 0.1) is 0 Å². The predicted molar refractivity (Wildman–Crippen MR) is 74.7 cm³/mol. The van der Waals surface area contributed by atoms with Gasteiger partial charge in [-0.25, -0.2) is 0 Å². The van der Waals surface area contributed by atoms with Gasteiger partial charge in [-0.1, -0.05) is 59.6 Å². The van der Waals surface area contributed by atoms with Crippen LogP contribution in [0.25, 0.3) is 0 Å². The molecule has 2 aromatic rings. The van der Waals surface area contributed by atoms with E-state index in [0.717, 1.165) is 5.02 Å². The largest absolute Gasteiger partial charge is 0.102 e. The third-order valence-electron chi connectivity index (χ3n) is 2.90. The average Bonchev–Trinajstić information content (AvgIpc) is 2.35. The van der Waals surface area contributed by atoms with E-state index in [1.165, 1.54) is 16.7 Å². The molecule has 0 amide bonds. The summed E-state index contributed by atoms with van der Waals surface area (Å²) in [7, 11) is 0. The van der Waals surface area contributed by atoms with E-state index in [2.05, 4.69) is 49.9 Å². The van der Waals surface area contributed by atoms with Crippen LogP contribution in [-0.4, -0.2) is 0 Å². The lowest BCUT2D eigenvalue weighted by Crippen LogP contribution is -1.97. The van der Waals surface area contributed by atoms with E-state index in [1.54, 1.807) is 0 Å². The van der Waals surface area contributed by atoms with Gasteiger partial charge in [0.15, 0.2) is 0 Å². The smallest absolute Gasteiger partial charge is 0.0406 e. The molecule has 17 heavy (non-hydrogen) atoms. The Kier molecular flexibility index (Phi) is 3.65. The molecule has 0 heterocycles. The molecular formula is C16H15Cl. The molecule has 86 valence electrons. The summed E-state index contributed by atoms with van der Waals surface area (Å²) in [5, 5.41) is 0.764. The molecule has 0 aliphatic heterocycles. The Morgan fingerprint density at radius 3 is 1.88 bits per heavy atom. The summed E-state index contributed by atoms with van der Waals surface area (Å²) in [6.45, 7) is 6.02. The molecule has 0 nitrogen and oxygen atoms in total. The number of hydrogen-bond donors (Lipinski definition) is 0. The first-order chi connectivity index (χ1) is 8.20. The van der Waals surface area contributed by atoms with E-state index in [9.17, 15) is 0 Å². The molecule has 0 aliphatic carbocycles. The first kappa shape index (κ1) is 11.9. The molecule has 0 aromatic heterocycles. The van der Waals surface area contributed by atoms with E-state index in [-0.39, 0.29) is 5.92 Å². The van der Waals surface area contributed by atoms with Crippen molar-refractivity contribution >= 4 is 11.6 Å². The minimum Gasteiger partial charge on any atom is -0.102 e. The molecule has 0 aliphatic rings. The van der Waals surface area contributed by atoms with Crippen molar-refractivity contribution in [1.29, 1.82) is 0 Å². The first-order valence-electron chi connectivity index (χ1n) is 5.65. The Hall–Kier alpha value is -1.53. The van der Waals surface area contributed by atoms with Crippen LogP contribution in [0, 0.1) is 6.92 Å². The number of rotatable bonds is 3. The van der Waals surface area contributed by atoms with Gasteiger partial charge in [-0.15, -0.1) is 6.58 Å². The summed E-state index contributed by atoms with van der Waals surface area (Å²) in [6, 6.07) is 16.5. The summed E-state index contributed by atoms with van der Waals surface area (Å²) in [6.07, 6.45) is 1.97. The number of hydrogen-bond acceptors (Lipinski definition) is 0. The van der Waals surface area contributed by atoms with Gasteiger partial charge >= 0.3 is 0 Å². The zero-order valence-electron chi connectivity index (χ0n) is 9.86. The van der Waals surface area contributed by atoms with Crippen LogP contribution in [0.1, 0.15) is 22.6 Å². The molecule has 0 bridgehead atoms. The SMILES string of the molecule is C=C[C@@H](c1ccc(C)cc1)c1ccc(Cl)cc1. The fourth-order valence-corrected chi connectivity index (χ4v) is 2.03. The Labute approximate surface area is 108 Å². The van der Waals surface area contributed by atoms with Crippen LogP contribution < -0.4 is 0 Å². The third kappa shape index (κ3) is 2.78. The van der Waals surface area contributed by atoms with Crippen LogP contribution in [0.5, 0.6) is 0 Å². The normalized spacial score (nSPS) is 12.1. The van der Waals surface area contributed by atoms with E-state index in [1.807, 2.05) is 18.2 Å². The minimum atomic E-state index is 0.230. The molecule has 0 fully saturated rings. The summed E-state index contributed by atoms with van der Waals surface area (Å²) < 4.78 is 0. The fourth-order valence-electron chi connectivity index (χ4n) is 1.91. The first-order valence-corrected chi connectivity index (χ1v) is 6.03. The molecule has 0 saturated carbocycles. The van der Waals surface area contributed by atoms with Crippen molar-refractivity contribution in [1.82, 2.24) is 0 Å². The van der Waals surface area contributed by atoms with Gasteiger partial charge in [0.1, 0.15) is 0 Å².